The van der Waals surface area contributed by atoms with Crippen LogP contribution in [-0.4, -0.2) is 72.8 Å². The monoisotopic (exact) mass is 555 g/mol. The molecule has 4 atom stereocenters. The van der Waals surface area contributed by atoms with Crippen molar-refractivity contribution in [3.05, 3.63) is 0 Å². The SMILES string of the molecule is CCCCCCCCN1C[C@H](OC(=O)CCC)[C@@H](OC(=O)CCC)[C@H](OC(=O)CCC)[C@H]1COC(=O)CCC. The van der Waals surface area contributed by atoms with E-state index < -0.39 is 36.3 Å². The molecule has 1 aliphatic heterocycles. The number of rotatable bonds is 20. The Morgan fingerprint density at radius 1 is 0.590 bits per heavy atom. The smallest absolute Gasteiger partial charge is 0.306 e. The average Bonchev–Trinajstić information content (AvgIpc) is 2.88. The van der Waals surface area contributed by atoms with Gasteiger partial charge < -0.3 is 18.9 Å². The molecule has 1 aliphatic rings. The highest BCUT2D eigenvalue weighted by Gasteiger charge is 2.50. The third-order valence-electron chi connectivity index (χ3n) is 6.80. The summed E-state index contributed by atoms with van der Waals surface area (Å²) in [5, 5.41) is 0. The number of unbranched alkanes of at least 4 members (excludes halogenated alkanes) is 5. The third kappa shape index (κ3) is 13.6. The minimum atomic E-state index is -0.985. The third-order valence-corrected chi connectivity index (χ3v) is 6.80. The number of hydrogen-bond donors (Lipinski definition) is 0. The fourth-order valence-corrected chi connectivity index (χ4v) is 4.77. The molecule has 9 nitrogen and oxygen atoms in total. The fraction of sp³-hybridized carbons (Fsp3) is 0.867. The van der Waals surface area contributed by atoms with Gasteiger partial charge in [0.25, 0.3) is 0 Å². The van der Waals surface area contributed by atoms with Gasteiger partial charge in [0.1, 0.15) is 6.61 Å². The highest BCUT2D eigenvalue weighted by Crippen LogP contribution is 2.29. The maximum absolute atomic E-state index is 12.8. The first-order chi connectivity index (χ1) is 18.8. The molecule has 0 bridgehead atoms. The summed E-state index contributed by atoms with van der Waals surface area (Å²) in [7, 11) is 0. The van der Waals surface area contributed by atoms with Crippen LogP contribution in [-0.2, 0) is 38.1 Å². The molecular weight excluding hydrogens is 502 g/mol. The van der Waals surface area contributed by atoms with Crippen molar-refractivity contribution < 1.29 is 38.1 Å². The van der Waals surface area contributed by atoms with Crippen LogP contribution in [0.5, 0.6) is 0 Å². The Hall–Kier alpha value is -2.16. The Morgan fingerprint density at radius 3 is 1.64 bits per heavy atom. The molecule has 226 valence electrons. The van der Waals surface area contributed by atoms with Crippen LogP contribution >= 0.6 is 0 Å². The predicted molar refractivity (Wildman–Crippen MR) is 149 cm³/mol. The molecule has 0 aliphatic carbocycles. The zero-order valence-corrected chi connectivity index (χ0v) is 25.0. The molecule has 0 amide bonds. The van der Waals surface area contributed by atoms with Crippen molar-refractivity contribution >= 4 is 23.9 Å². The Kier molecular flexibility index (Phi) is 18.5. The van der Waals surface area contributed by atoms with Gasteiger partial charge in [-0.1, -0.05) is 66.7 Å². The number of nitrogens with zero attached hydrogens (tertiary/aromatic N) is 1. The Labute approximate surface area is 235 Å². The molecule has 0 radical (unpaired) electrons. The van der Waals surface area contributed by atoms with Gasteiger partial charge in [-0.25, -0.2) is 0 Å². The largest absolute Gasteiger partial charge is 0.464 e. The number of ether oxygens (including phenoxy) is 4. The summed E-state index contributed by atoms with van der Waals surface area (Å²) in [5.41, 5.74) is 0. The van der Waals surface area contributed by atoms with E-state index in [9.17, 15) is 19.2 Å². The van der Waals surface area contributed by atoms with Gasteiger partial charge in [0, 0.05) is 32.2 Å². The number of esters is 4. The molecule has 0 aromatic rings. The first-order valence-corrected chi connectivity index (χ1v) is 15.3. The number of carbonyl (C=O) groups excluding carboxylic acids is 4. The van der Waals surface area contributed by atoms with Crippen LogP contribution in [0.4, 0.5) is 0 Å². The lowest BCUT2D eigenvalue weighted by Gasteiger charge is -2.47. The van der Waals surface area contributed by atoms with Crippen molar-refractivity contribution in [3.63, 3.8) is 0 Å². The van der Waals surface area contributed by atoms with Crippen LogP contribution in [0.25, 0.3) is 0 Å². The van der Waals surface area contributed by atoms with Gasteiger partial charge in [-0.2, -0.15) is 0 Å². The molecule has 1 fully saturated rings. The van der Waals surface area contributed by atoms with Crippen molar-refractivity contribution in [3.8, 4) is 0 Å². The summed E-state index contributed by atoms with van der Waals surface area (Å²) >= 11 is 0. The first-order valence-electron chi connectivity index (χ1n) is 15.3. The predicted octanol–water partition coefficient (Wildman–Crippen LogP) is 5.51. The Balaban J connectivity index is 3.32. The van der Waals surface area contributed by atoms with Gasteiger partial charge in [-0.3, -0.25) is 24.1 Å². The van der Waals surface area contributed by atoms with Crippen molar-refractivity contribution in [1.82, 2.24) is 4.90 Å². The fourth-order valence-electron chi connectivity index (χ4n) is 4.77. The second-order valence-corrected chi connectivity index (χ2v) is 10.5. The zero-order chi connectivity index (χ0) is 29.0. The number of likely N-dealkylation sites (tertiary alicyclic amines) is 1. The van der Waals surface area contributed by atoms with Gasteiger partial charge in [0.05, 0.1) is 6.04 Å². The summed E-state index contributed by atoms with van der Waals surface area (Å²) in [6.07, 6.45) is 7.28. The lowest BCUT2D eigenvalue weighted by molar-refractivity contribution is -0.210. The number of piperidine rings is 1. The minimum Gasteiger partial charge on any atom is -0.464 e. The van der Waals surface area contributed by atoms with E-state index in [0.717, 1.165) is 19.3 Å². The van der Waals surface area contributed by atoms with Crippen LogP contribution in [0.15, 0.2) is 0 Å². The highest BCUT2D eigenvalue weighted by atomic mass is 16.6. The van der Waals surface area contributed by atoms with Crippen LogP contribution in [0, 0.1) is 0 Å². The van der Waals surface area contributed by atoms with E-state index in [4.69, 9.17) is 18.9 Å². The molecule has 1 rings (SSSR count). The standard InChI is InChI=1S/C30H53NO8/c1-6-11-12-13-14-15-20-31-21-24(37-26(33)17-8-3)30(39-28(35)19-10-5)29(38-27(34)18-9-4)23(31)22-36-25(32)16-7-2/h23-24,29-30H,6-22H2,1-5H3/t23-,24+,29-,30-/m1/s1. The zero-order valence-electron chi connectivity index (χ0n) is 25.0. The molecule has 1 saturated heterocycles. The van der Waals surface area contributed by atoms with Crippen LogP contribution in [0.1, 0.15) is 125 Å². The van der Waals surface area contributed by atoms with Crippen molar-refractivity contribution in [2.45, 2.75) is 149 Å². The molecule has 39 heavy (non-hydrogen) atoms. The van der Waals surface area contributed by atoms with Crippen molar-refractivity contribution in [1.29, 1.82) is 0 Å². The lowest BCUT2D eigenvalue weighted by atomic mass is 9.92. The first kappa shape index (κ1) is 34.9. The molecule has 0 N–H and O–H groups in total. The van der Waals surface area contributed by atoms with Gasteiger partial charge >= 0.3 is 23.9 Å². The second-order valence-electron chi connectivity index (χ2n) is 10.5. The minimum absolute atomic E-state index is 0.00378. The van der Waals surface area contributed by atoms with E-state index >= 15 is 0 Å². The molecule has 0 spiro atoms. The summed E-state index contributed by atoms with van der Waals surface area (Å²) in [4.78, 5) is 52.4. The van der Waals surface area contributed by atoms with Crippen molar-refractivity contribution in [2.24, 2.45) is 0 Å². The number of carbonyl (C=O) groups is 4. The van der Waals surface area contributed by atoms with Crippen LogP contribution < -0.4 is 0 Å². The van der Waals surface area contributed by atoms with E-state index in [1.807, 2.05) is 27.7 Å². The second kappa shape index (κ2) is 20.7. The molecule has 0 unspecified atom stereocenters. The van der Waals surface area contributed by atoms with Crippen molar-refractivity contribution in [2.75, 3.05) is 19.7 Å². The van der Waals surface area contributed by atoms with Crippen LogP contribution in [0.3, 0.4) is 0 Å². The van der Waals surface area contributed by atoms with Gasteiger partial charge in [0.2, 0.25) is 0 Å². The van der Waals surface area contributed by atoms with Gasteiger partial charge in [0.15, 0.2) is 18.3 Å². The van der Waals surface area contributed by atoms with Gasteiger partial charge in [-0.15, -0.1) is 0 Å². The molecule has 0 aromatic heterocycles. The number of hydrogen-bond acceptors (Lipinski definition) is 9. The van der Waals surface area contributed by atoms with Crippen LogP contribution in [0.2, 0.25) is 0 Å². The molecule has 1 heterocycles. The van der Waals surface area contributed by atoms with E-state index in [2.05, 4.69) is 11.8 Å². The Bertz CT molecular complexity index is 728. The topological polar surface area (TPSA) is 108 Å². The summed E-state index contributed by atoms with van der Waals surface area (Å²) < 4.78 is 23.3. The maximum Gasteiger partial charge on any atom is 0.306 e. The summed E-state index contributed by atoms with van der Waals surface area (Å²) in [6, 6.07) is -0.525. The van der Waals surface area contributed by atoms with Gasteiger partial charge in [-0.05, 0) is 38.6 Å². The normalized spacial score (nSPS) is 21.3. The lowest BCUT2D eigenvalue weighted by Crippen LogP contribution is -2.65. The van der Waals surface area contributed by atoms with E-state index in [-0.39, 0.29) is 44.2 Å². The summed E-state index contributed by atoms with van der Waals surface area (Å²) in [6.45, 7) is 10.7. The molecule has 0 aromatic carbocycles. The quantitative estimate of drug-likeness (QED) is 0.109. The molecule has 9 heteroatoms. The van der Waals surface area contributed by atoms with E-state index in [1.54, 1.807) is 0 Å². The maximum atomic E-state index is 12.8. The van der Waals surface area contributed by atoms with E-state index in [0.29, 0.717) is 38.8 Å². The highest BCUT2D eigenvalue weighted by molar-refractivity contribution is 5.72. The molecular formula is C30H53NO8. The summed E-state index contributed by atoms with van der Waals surface area (Å²) in [5.74, 6) is -1.58. The average molecular weight is 556 g/mol. The molecule has 0 saturated carbocycles. The Morgan fingerprint density at radius 2 is 1.08 bits per heavy atom. The van der Waals surface area contributed by atoms with E-state index in [1.165, 1.54) is 19.3 Å².